The third-order valence-corrected chi connectivity index (χ3v) is 3.59. The van der Waals surface area contributed by atoms with Crippen molar-refractivity contribution in [2.45, 2.75) is 26.8 Å². The fourth-order valence-electron chi connectivity index (χ4n) is 2.79. The minimum Gasteiger partial charge on any atom is -0.349 e. The molecule has 2 heterocycles. The molecule has 0 aromatic carbocycles. The lowest BCUT2D eigenvalue weighted by atomic mass is 9.92. The Kier molecular flexibility index (Phi) is 6.70. The fraction of sp³-hybridized carbons (Fsp3) is 0.769. The molecule has 7 heteroatoms. The molecule has 0 aliphatic carbocycles. The van der Waals surface area contributed by atoms with E-state index in [4.69, 9.17) is 0 Å². The third-order valence-electron chi connectivity index (χ3n) is 3.59. The van der Waals surface area contributed by atoms with Crippen LogP contribution in [0.25, 0.3) is 0 Å². The number of hydrogen-bond acceptors (Lipinski definition) is 3. The molecular weight excluding hydrogens is 367 g/mol. The number of nitrogens with zero attached hydrogens (tertiary/aromatic N) is 5. The van der Waals surface area contributed by atoms with E-state index in [-0.39, 0.29) is 24.0 Å². The van der Waals surface area contributed by atoms with E-state index in [2.05, 4.69) is 39.3 Å². The lowest BCUT2D eigenvalue weighted by molar-refractivity contribution is 0.208. The molecule has 114 valence electrons. The molecule has 1 saturated heterocycles. The summed E-state index contributed by atoms with van der Waals surface area (Å²) in [6.07, 6.45) is 3.02. The van der Waals surface area contributed by atoms with Gasteiger partial charge in [-0.05, 0) is 18.3 Å². The average molecular weight is 392 g/mol. The van der Waals surface area contributed by atoms with Crippen molar-refractivity contribution in [3.8, 4) is 0 Å². The largest absolute Gasteiger partial charge is 0.349 e. The first kappa shape index (κ1) is 17.2. The van der Waals surface area contributed by atoms with Gasteiger partial charge in [0.2, 0.25) is 0 Å². The predicted octanol–water partition coefficient (Wildman–Crippen LogP) is 1.49. The van der Waals surface area contributed by atoms with E-state index in [0.29, 0.717) is 6.54 Å². The lowest BCUT2D eigenvalue weighted by Crippen LogP contribution is -2.48. The highest BCUT2D eigenvalue weighted by molar-refractivity contribution is 14.0. The highest BCUT2D eigenvalue weighted by Crippen LogP contribution is 2.20. The summed E-state index contributed by atoms with van der Waals surface area (Å²) in [6, 6.07) is 0. The molecule has 2 atom stereocenters. The van der Waals surface area contributed by atoms with E-state index in [1.807, 2.05) is 18.7 Å². The van der Waals surface area contributed by atoms with Gasteiger partial charge in [0.25, 0.3) is 0 Å². The van der Waals surface area contributed by atoms with Crippen LogP contribution in [0.15, 0.2) is 11.3 Å². The van der Waals surface area contributed by atoms with Gasteiger partial charge in [-0.2, -0.15) is 0 Å². The molecule has 20 heavy (non-hydrogen) atoms. The van der Waals surface area contributed by atoms with Crippen LogP contribution in [0.3, 0.4) is 0 Å². The number of nitrogens with one attached hydrogen (secondary N) is 1. The summed E-state index contributed by atoms with van der Waals surface area (Å²) in [5.41, 5.74) is 0. The molecule has 2 unspecified atom stereocenters. The van der Waals surface area contributed by atoms with Gasteiger partial charge in [-0.15, -0.1) is 34.2 Å². The second kappa shape index (κ2) is 7.80. The first-order valence-electron chi connectivity index (χ1n) is 6.88. The Morgan fingerprint density at radius 3 is 2.55 bits per heavy atom. The van der Waals surface area contributed by atoms with Crippen molar-refractivity contribution in [3.63, 3.8) is 0 Å². The van der Waals surface area contributed by atoms with Crippen LogP contribution in [0.2, 0.25) is 0 Å². The summed E-state index contributed by atoms with van der Waals surface area (Å²) in [7, 11) is 3.79. The molecule has 0 bridgehead atoms. The number of piperidine rings is 1. The summed E-state index contributed by atoms with van der Waals surface area (Å²) in [4.78, 5) is 6.73. The van der Waals surface area contributed by atoms with Gasteiger partial charge in [0.15, 0.2) is 11.8 Å². The van der Waals surface area contributed by atoms with E-state index in [1.54, 1.807) is 6.33 Å². The van der Waals surface area contributed by atoms with Crippen LogP contribution in [0.1, 0.15) is 26.1 Å². The van der Waals surface area contributed by atoms with Crippen molar-refractivity contribution in [3.05, 3.63) is 12.2 Å². The summed E-state index contributed by atoms with van der Waals surface area (Å²) < 4.78 is 1.92. The Balaban J connectivity index is 0.00000200. The molecule has 0 radical (unpaired) electrons. The zero-order valence-corrected chi connectivity index (χ0v) is 15.0. The monoisotopic (exact) mass is 392 g/mol. The molecule has 1 aliphatic heterocycles. The smallest absolute Gasteiger partial charge is 0.194 e. The highest BCUT2D eigenvalue weighted by Gasteiger charge is 2.24. The number of aromatic nitrogens is 3. The predicted molar refractivity (Wildman–Crippen MR) is 91.1 cm³/mol. The standard InChI is InChI=1S/C13H24N6.HI/c1-10-5-11(2)8-19(7-10)13(14-3)15-6-12-17-16-9-18(12)4;/h9-11H,5-8H2,1-4H3,(H,14,15);1H. The molecule has 1 fully saturated rings. The number of hydrogen-bond donors (Lipinski definition) is 1. The van der Waals surface area contributed by atoms with Crippen LogP contribution >= 0.6 is 24.0 Å². The van der Waals surface area contributed by atoms with Gasteiger partial charge >= 0.3 is 0 Å². The van der Waals surface area contributed by atoms with Crippen LogP contribution in [0.4, 0.5) is 0 Å². The number of aryl methyl sites for hydroxylation is 1. The minimum absolute atomic E-state index is 0. The number of rotatable bonds is 2. The normalized spacial score (nSPS) is 23.4. The molecule has 0 saturated carbocycles. The summed E-state index contributed by atoms with van der Waals surface area (Å²) in [5, 5.41) is 11.3. The van der Waals surface area contributed by atoms with E-state index in [9.17, 15) is 0 Å². The van der Waals surface area contributed by atoms with Crippen LogP contribution in [0, 0.1) is 11.8 Å². The Bertz CT molecular complexity index is 434. The van der Waals surface area contributed by atoms with E-state index < -0.39 is 0 Å². The van der Waals surface area contributed by atoms with Crippen LogP contribution < -0.4 is 5.32 Å². The zero-order chi connectivity index (χ0) is 13.8. The molecule has 1 aliphatic rings. The quantitative estimate of drug-likeness (QED) is 0.471. The average Bonchev–Trinajstić information content (AvgIpc) is 2.75. The zero-order valence-electron chi connectivity index (χ0n) is 12.7. The molecule has 0 amide bonds. The maximum Gasteiger partial charge on any atom is 0.194 e. The number of aliphatic imine (C=N–C) groups is 1. The number of guanidine groups is 1. The van der Waals surface area contributed by atoms with Crippen molar-refractivity contribution in [2.24, 2.45) is 23.9 Å². The first-order chi connectivity index (χ1) is 9.10. The van der Waals surface area contributed by atoms with Crippen LogP contribution in [0.5, 0.6) is 0 Å². The van der Waals surface area contributed by atoms with E-state index in [1.165, 1.54) is 6.42 Å². The second-order valence-corrected chi connectivity index (χ2v) is 5.61. The van der Waals surface area contributed by atoms with Crippen molar-refractivity contribution < 1.29 is 0 Å². The Morgan fingerprint density at radius 1 is 1.40 bits per heavy atom. The maximum absolute atomic E-state index is 4.38. The van der Waals surface area contributed by atoms with Gasteiger partial charge in [0.1, 0.15) is 6.33 Å². The van der Waals surface area contributed by atoms with E-state index >= 15 is 0 Å². The van der Waals surface area contributed by atoms with E-state index in [0.717, 1.165) is 36.7 Å². The summed E-state index contributed by atoms with van der Waals surface area (Å²) >= 11 is 0. The van der Waals surface area contributed by atoms with Gasteiger partial charge in [0.05, 0.1) is 6.54 Å². The summed E-state index contributed by atoms with van der Waals surface area (Å²) in [5.74, 6) is 3.31. The molecule has 1 aromatic heterocycles. The Morgan fingerprint density at radius 2 is 2.05 bits per heavy atom. The Hall–Kier alpha value is -0.860. The van der Waals surface area contributed by atoms with Crippen molar-refractivity contribution in [2.75, 3.05) is 20.1 Å². The van der Waals surface area contributed by atoms with Gasteiger partial charge in [-0.3, -0.25) is 4.99 Å². The molecule has 1 aromatic rings. The van der Waals surface area contributed by atoms with Crippen LogP contribution in [-0.2, 0) is 13.6 Å². The first-order valence-corrected chi connectivity index (χ1v) is 6.88. The van der Waals surface area contributed by atoms with Crippen molar-refractivity contribution in [1.29, 1.82) is 0 Å². The lowest BCUT2D eigenvalue weighted by Gasteiger charge is -2.37. The molecule has 0 spiro atoms. The number of halogens is 1. The van der Waals surface area contributed by atoms with Crippen molar-refractivity contribution in [1.82, 2.24) is 25.0 Å². The van der Waals surface area contributed by atoms with Gasteiger partial charge in [-0.25, -0.2) is 0 Å². The second-order valence-electron chi connectivity index (χ2n) is 5.61. The maximum atomic E-state index is 4.38. The number of likely N-dealkylation sites (tertiary alicyclic amines) is 1. The Labute approximate surface area is 138 Å². The van der Waals surface area contributed by atoms with Gasteiger partial charge in [0, 0.05) is 27.2 Å². The minimum atomic E-state index is 0. The SMILES string of the molecule is CN=C(NCc1nncn1C)N1CC(C)CC(C)C1.I. The van der Waals surface area contributed by atoms with Gasteiger partial charge in [-0.1, -0.05) is 13.8 Å². The highest BCUT2D eigenvalue weighted by atomic mass is 127. The van der Waals surface area contributed by atoms with Crippen molar-refractivity contribution >= 4 is 29.9 Å². The molecule has 1 N–H and O–H groups in total. The summed E-state index contributed by atoms with van der Waals surface area (Å²) in [6.45, 7) is 7.41. The molecule has 2 rings (SSSR count). The third kappa shape index (κ3) is 4.32. The van der Waals surface area contributed by atoms with Crippen LogP contribution in [-0.4, -0.2) is 45.8 Å². The molecule has 6 nitrogen and oxygen atoms in total. The fourth-order valence-corrected chi connectivity index (χ4v) is 2.79. The van der Waals surface area contributed by atoms with Gasteiger partial charge < -0.3 is 14.8 Å². The topological polar surface area (TPSA) is 58.3 Å². The molecular formula is C13H25IN6.